The highest BCUT2D eigenvalue weighted by molar-refractivity contribution is 7.80. The standard InChI is InChI=1S/C12H18O4S/c1-15-9-5-8(6-10(7-9)16-2)12(14)11(13)3-4-17/h5-7,11-14,17H,3-4H2,1-2H3. The van der Waals surface area contributed by atoms with E-state index in [1.165, 1.54) is 14.2 Å². The molecule has 1 rings (SSSR count). The van der Waals surface area contributed by atoms with E-state index in [0.717, 1.165) is 0 Å². The van der Waals surface area contributed by atoms with E-state index in [0.29, 0.717) is 29.2 Å². The Bertz CT molecular complexity index is 334. The molecule has 17 heavy (non-hydrogen) atoms. The monoisotopic (exact) mass is 258 g/mol. The highest BCUT2D eigenvalue weighted by Crippen LogP contribution is 2.28. The molecule has 0 saturated carbocycles. The maximum absolute atomic E-state index is 9.97. The predicted molar refractivity (Wildman–Crippen MR) is 69.0 cm³/mol. The van der Waals surface area contributed by atoms with Crippen molar-refractivity contribution in [2.45, 2.75) is 18.6 Å². The summed E-state index contributed by atoms with van der Waals surface area (Å²) >= 11 is 4.02. The highest BCUT2D eigenvalue weighted by atomic mass is 32.1. The van der Waals surface area contributed by atoms with Gasteiger partial charge < -0.3 is 19.7 Å². The molecule has 2 N–H and O–H groups in total. The first-order valence-corrected chi connectivity index (χ1v) is 5.95. The molecule has 0 saturated heterocycles. The zero-order valence-corrected chi connectivity index (χ0v) is 10.9. The number of aliphatic hydroxyl groups excluding tert-OH is 2. The third-order valence-electron chi connectivity index (χ3n) is 2.50. The summed E-state index contributed by atoms with van der Waals surface area (Å²) in [7, 11) is 3.07. The molecule has 0 aliphatic rings. The zero-order valence-electron chi connectivity index (χ0n) is 9.96. The third-order valence-corrected chi connectivity index (χ3v) is 2.76. The van der Waals surface area contributed by atoms with E-state index in [4.69, 9.17) is 9.47 Å². The lowest BCUT2D eigenvalue weighted by Crippen LogP contribution is -2.18. The minimum absolute atomic E-state index is 0.420. The molecule has 4 nitrogen and oxygen atoms in total. The molecule has 1 aromatic rings. The Hall–Kier alpha value is -0.910. The summed E-state index contributed by atoms with van der Waals surface area (Å²) in [6, 6.07) is 5.06. The Morgan fingerprint density at radius 2 is 1.65 bits per heavy atom. The molecule has 1 aromatic carbocycles. The first-order chi connectivity index (χ1) is 8.12. The van der Waals surface area contributed by atoms with Crippen LogP contribution in [0.5, 0.6) is 11.5 Å². The first kappa shape index (κ1) is 14.2. The van der Waals surface area contributed by atoms with Gasteiger partial charge in [-0.25, -0.2) is 0 Å². The van der Waals surface area contributed by atoms with Gasteiger partial charge >= 0.3 is 0 Å². The van der Waals surface area contributed by atoms with Crippen LogP contribution in [-0.4, -0.2) is 36.3 Å². The van der Waals surface area contributed by atoms with Crippen LogP contribution in [0.4, 0.5) is 0 Å². The largest absolute Gasteiger partial charge is 0.497 e. The molecule has 0 radical (unpaired) electrons. The second-order valence-corrected chi connectivity index (χ2v) is 4.12. The third kappa shape index (κ3) is 3.80. The van der Waals surface area contributed by atoms with E-state index in [9.17, 15) is 10.2 Å². The quantitative estimate of drug-likeness (QED) is 0.675. The lowest BCUT2D eigenvalue weighted by Gasteiger charge is -2.18. The van der Waals surface area contributed by atoms with Crippen molar-refractivity contribution < 1.29 is 19.7 Å². The molecule has 0 fully saturated rings. The number of hydrogen-bond acceptors (Lipinski definition) is 5. The van der Waals surface area contributed by atoms with E-state index in [2.05, 4.69) is 12.6 Å². The van der Waals surface area contributed by atoms with Crippen LogP contribution in [0.1, 0.15) is 18.1 Å². The molecule has 5 heteroatoms. The number of aliphatic hydroxyl groups is 2. The van der Waals surface area contributed by atoms with Gasteiger partial charge in [-0.15, -0.1) is 0 Å². The van der Waals surface area contributed by atoms with E-state index < -0.39 is 12.2 Å². The maximum Gasteiger partial charge on any atom is 0.122 e. The molecular formula is C12H18O4S. The first-order valence-electron chi connectivity index (χ1n) is 5.32. The average Bonchev–Trinajstić information content (AvgIpc) is 2.37. The van der Waals surface area contributed by atoms with Gasteiger partial charge in [-0.1, -0.05) is 0 Å². The molecule has 0 bridgehead atoms. The normalized spacial score (nSPS) is 14.2. The summed E-state index contributed by atoms with van der Waals surface area (Å²) in [5, 5.41) is 19.7. The highest BCUT2D eigenvalue weighted by Gasteiger charge is 2.19. The van der Waals surface area contributed by atoms with Gasteiger partial charge in [0.1, 0.15) is 17.6 Å². The number of thiol groups is 1. The van der Waals surface area contributed by atoms with E-state index >= 15 is 0 Å². The van der Waals surface area contributed by atoms with Crippen molar-refractivity contribution in [3.8, 4) is 11.5 Å². The average molecular weight is 258 g/mol. The van der Waals surface area contributed by atoms with Gasteiger partial charge in [0, 0.05) is 6.07 Å². The molecular weight excluding hydrogens is 240 g/mol. The molecule has 96 valence electrons. The van der Waals surface area contributed by atoms with Crippen LogP contribution in [0, 0.1) is 0 Å². The van der Waals surface area contributed by atoms with Crippen LogP contribution in [0.15, 0.2) is 18.2 Å². The Morgan fingerprint density at radius 1 is 1.12 bits per heavy atom. The molecule has 0 aromatic heterocycles. The smallest absolute Gasteiger partial charge is 0.122 e. The molecule has 0 aliphatic carbocycles. The summed E-state index contributed by atoms with van der Waals surface area (Å²) in [6.45, 7) is 0. The van der Waals surface area contributed by atoms with Crippen LogP contribution in [0.2, 0.25) is 0 Å². The van der Waals surface area contributed by atoms with Crippen molar-refractivity contribution in [3.63, 3.8) is 0 Å². The summed E-state index contributed by atoms with van der Waals surface area (Å²) in [5.74, 6) is 1.67. The maximum atomic E-state index is 9.97. The van der Waals surface area contributed by atoms with E-state index in [1.54, 1.807) is 18.2 Å². The van der Waals surface area contributed by atoms with Crippen LogP contribution in [0.25, 0.3) is 0 Å². The van der Waals surface area contributed by atoms with Crippen molar-refractivity contribution >= 4 is 12.6 Å². The van der Waals surface area contributed by atoms with Gasteiger partial charge in [0.2, 0.25) is 0 Å². The van der Waals surface area contributed by atoms with Gasteiger partial charge in [-0.05, 0) is 29.9 Å². The van der Waals surface area contributed by atoms with Crippen LogP contribution in [0.3, 0.4) is 0 Å². The number of benzene rings is 1. The molecule has 0 spiro atoms. The van der Waals surface area contributed by atoms with E-state index in [1.807, 2.05) is 0 Å². The van der Waals surface area contributed by atoms with Gasteiger partial charge in [-0.2, -0.15) is 12.6 Å². The molecule has 0 amide bonds. The van der Waals surface area contributed by atoms with Gasteiger partial charge in [0.05, 0.1) is 20.3 Å². The van der Waals surface area contributed by atoms with Gasteiger partial charge in [-0.3, -0.25) is 0 Å². The fourth-order valence-corrected chi connectivity index (χ4v) is 1.78. The topological polar surface area (TPSA) is 58.9 Å². The van der Waals surface area contributed by atoms with E-state index in [-0.39, 0.29) is 0 Å². The lowest BCUT2D eigenvalue weighted by atomic mass is 10.0. The lowest BCUT2D eigenvalue weighted by molar-refractivity contribution is 0.0170. The molecule has 0 aliphatic heterocycles. The Labute approximate surface area is 107 Å². The number of methoxy groups -OCH3 is 2. The van der Waals surface area contributed by atoms with Crippen LogP contribution < -0.4 is 9.47 Å². The van der Waals surface area contributed by atoms with Crippen molar-refractivity contribution in [3.05, 3.63) is 23.8 Å². The van der Waals surface area contributed by atoms with Crippen molar-refractivity contribution in [1.29, 1.82) is 0 Å². The zero-order chi connectivity index (χ0) is 12.8. The predicted octanol–water partition coefficient (Wildman–Crippen LogP) is 1.42. The Morgan fingerprint density at radius 3 is 2.06 bits per heavy atom. The minimum atomic E-state index is -0.967. The summed E-state index contributed by atoms with van der Waals surface area (Å²) in [6.07, 6.45) is -1.39. The Kier molecular flexibility index (Phi) is 5.61. The molecule has 0 heterocycles. The number of hydrogen-bond donors (Lipinski definition) is 3. The van der Waals surface area contributed by atoms with Crippen molar-refractivity contribution in [2.24, 2.45) is 0 Å². The van der Waals surface area contributed by atoms with Crippen LogP contribution in [-0.2, 0) is 0 Å². The number of ether oxygens (including phenoxy) is 2. The summed E-state index contributed by atoms with van der Waals surface area (Å²) < 4.78 is 10.2. The molecule has 2 atom stereocenters. The fraction of sp³-hybridized carbons (Fsp3) is 0.500. The van der Waals surface area contributed by atoms with Gasteiger partial charge in [0.15, 0.2) is 0 Å². The minimum Gasteiger partial charge on any atom is -0.497 e. The SMILES string of the molecule is COc1cc(OC)cc(C(O)C(O)CCS)c1. The van der Waals surface area contributed by atoms with Crippen molar-refractivity contribution in [2.75, 3.05) is 20.0 Å². The summed E-state index contributed by atoms with van der Waals surface area (Å²) in [4.78, 5) is 0. The molecule has 2 unspecified atom stereocenters. The Balaban J connectivity index is 2.95. The number of rotatable bonds is 6. The summed E-state index contributed by atoms with van der Waals surface area (Å²) in [5.41, 5.74) is 0.565. The second kappa shape index (κ2) is 6.74. The second-order valence-electron chi connectivity index (χ2n) is 3.67. The van der Waals surface area contributed by atoms with Crippen molar-refractivity contribution in [1.82, 2.24) is 0 Å². The van der Waals surface area contributed by atoms with Crippen LogP contribution >= 0.6 is 12.6 Å². The fourth-order valence-electron chi connectivity index (χ4n) is 1.51. The van der Waals surface area contributed by atoms with Gasteiger partial charge in [0.25, 0.3) is 0 Å².